The minimum atomic E-state index is 0.577. The van der Waals surface area contributed by atoms with Gasteiger partial charge in [0.25, 0.3) is 0 Å². The zero-order valence-electron chi connectivity index (χ0n) is 9.91. The average Bonchev–Trinajstić information content (AvgIpc) is 2.77. The van der Waals surface area contributed by atoms with Gasteiger partial charge in [0.1, 0.15) is 0 Å². The molecule has 0 unspecified atom stereocenters. The third kappa shape index (κ3) is 5.75. The molecule has 0 saturated carbocycles. The van der Waals surface area contributed by atoms with Crippen LogP contribution in [0.3, 0.4) is 0 Å². The highest BCUT2D eigenvalue weighted by atomic mass is 32.1. The minimum Gasteiger partial charge on any atom is -0.370 e. The predicted octanol–water partition coefficient (Wildman–Crippen LogP) is 2.39. The maximum absolute atomic E-state index is 5.74. The first-order chi connectivity index (χ1) is 7.83. The summed E-state index contributed by atoms with van der Waals surface area (Å²) in [5, 5.41) is 5.23. The van der Waals surface area contributed by atoms with Crippen LogP contribution in [0.2, 0.25) is 0 Å². The van der Waals surface area contributed by atoms with E-state index in [9.17, 15) is 0 Å². The van der Waals surface area contributed by atoms with Gasteiger partial charge in [0.05, 0.1) is 0 Å². The van der Waals surface area contributed by atoms with E-state index in [-0.39, 0.29) is 0 Å². The number of unbranched alkanes of at least 4 members (excludes halogenated alkanes) is 2. The zero-order valence-corrected chi connectivity index (χ0v) is 10.7. The molecule has 0 aromatic carbocycles. The Balaban J connectivity index is 2.07. The van der Waals surface area contributed by atoms with E-state index in [1.807, 2.05) is 0 Å². The van der Waals surface area contributed by atoms with Crippen LogP contribution in [0.4, 0.5) is 0 Å². The van der Waals surface area contributed by atoms with E-state index in [0.717, 1.165) is 25.9 Å². The molecule has 0 fully saturated rings. The Kier molecular flexibility index (Phi) is 6.65. The molecule has 1 heterocycles. The predicted molar refractivity (Wildman–Crippen MR) is 72.0 cm³/mol. The zero-order chi connectivity index (χ0) is 11.6. The molecule has 0 aliphatic heterocycles. The van der Waals surface area contributed by atoms with Crippen molar-refractivity contribution in [2.75, 3.05) is 13.1 Å². The molecule has 0 spiro atoms. The summed E-state index contributed by atoms with van der Waals surface area (Å²) in [5.74, 6) is 0.577. The third-order valence-electron chi connectivity index (χ3n) is 2.30. The van der Waals surface area contributed by atoms with Crippen LogP contribution < -0.4 is 11.1 Å². The van der Waals surface area contributed by atoms with Gasteiger partial charge in [0.15, 0.2) is 5.96 Å². The molecule has 4 heteroatoms. The second-order valence-corrected chi connectivity index (χ2v) is 4.76. The van der Waals surface area contributed by atoms with E-state index in [0.29, 0.717) is 5.96 Å². The number of nitrogens with two attached hydrogens (primary N) is 1. The quantitative estimate of drug-likeness (QED) is 0.436. The lowest BCUT2D eigenvalue weighted by molar-refractivity contribution is 0.723. The molecule has 90 valence electrons. The first-order valence-electron chi connectivity index (χ1n) is 5.89. The van der Waals surface area contributed by atoms with E-state index in [1.54, 1.807) is 11.3 Å². The van der Waals surface area contributed by atoms with Crippen molar-refractivity contribution in [2.45, 2.75) is 32.6 Å². The number of hydrogen-bond donors (Lipinski definition) is 2. The molecule has 1 aromatic rings. The van der Waals surface area contributed by atoms with Gasteiger partial charge in [-0.25, -0.2) is 0 Å². The fraction of sp³-hybridized carbons (Fsp3) is 0.583. The number of guanidine groups is 1. The SMILES string of the molecule is CCCCCN=C(N)NCCc1cccs1. The fourth-order valence-electron chi connectivity index (χ4n) is 1.39. The monoisotopic (exact) mass is 239 g/mol. The van der Waals surface area contributed by atoms with Crippen LogP contribution in [0.15, 0.2) is 22.5 Å². The lowest BCUT2D eigenvalue weighted by Gasteiger charge is -2.04. The van der Waals surface area contributed by atoms with Crippen molar-refractivity contribution >= 4 is 17.3 Å². The maximum Gasteiger partial charge on any atom is 0.188 e. The van der Waals surface area contributed by atoms with Crippen LogP contribution in [0.25, 0.3) is 0 Å². The Morgan fingerprint density at radius 3 is 3.06 bits per heavy atom. The van der Waals surface area contributed by atoms with Crippen molar-refractivity contribution < 1.29 is 0 Å². The number of thiophene rings is 1. The normalized spacial score (nSPS) is 11.7. The van der Waals surface area contributed by atoms with E-state index < -0.39 is 0 Å². The van der Waals surface area contributed by atoms with Crippen LogP contribution in [-0.4, -0.2) is 19.0 Å². The highest BCUT2D eigenvalue weighted by molar-refractivity contribution is 7.09. The smallest absolute Gasteiger partial charge is 0.188 e. The average molecular weight is 239 g/mol. The lowest BCUT2D eigenvalue weighted by atomic mass is 10.2. The number of rotatable bonds is 7. The van der Waals surface area contributed by atoms with Gasteiger partial charge in [-0.15, -0.1) is 11.3 Å². The van der Waals surface area contributed by atoms with Gasteiger partial charge in [-0.05, 0) is 24.3 Å². The fourth-order valence-corrected chi connectivity index (χ4v) is 2.09. The van der Waals surface area contributed by atoms with Crippen LogP contribution in [-0.2, 0) is 6.42 Å². The molecular formula is C12H21N3S. The molecule has 16 heavy (non-hydrogen) atoms. The minimum absolute atomic E-state index is 0.577. The summed E-state index contributed by atoms with van der Waals surface area (Å²) in [5.41, 5.74) is 5.74. The van der Waals surface area contributed by atoms with Crippen molar-refractivity contribution in [1.29, 1.82) is 0 Å². The van der Waals surface area contributed by atoms with Gasteiger partial charge in [-0.3, -0.25) is 4.99 Å². The van der Waals surface area contributed by atoms with E-state index >= 15 is 0 Å². The van der Waals surface area contributed by atoms with E-state index in [4.69, 9.17) is 5.73 Å². The van der Waals surface area contributed by atoms with Crippen molar-refractivity contribution in [1.82, 2.24) is 5.32 Å². The summed E-state index contributed by atoms with van der Waals surface area (Å²) in [4.78, 5) is 5.65. The van der Waals surface area contributed by atoms with Gasteiger partial charge in [-0.2, -0.15) is 0 Å². The molecule has 0 radical (unpaired) electrons. The highest BCUT2D eigenvalue weighted by Gasteiger charge is 1.94. The molecule has 1 aromatic heterocycles. The van der Waals surface area contributed by atoms with Crippen LogP contribution in [0.1, 0.15) is 31.1 Å². The van der Waals surface area contributed by atoms with Gasteiger partial charge >= 0.3 is 0 Å². The summed E-state index contributed by atoms with van der Waals surface area (Å²) in [6, 6.07) is 4.21. The van der Waals surface area contributed by atoms with Crippen LogP contribution >= 0.6 is 11.3 Å². The molecule has 0 aliphatic carbocycles. The van der Waals surface area contributed by atoms with Crippen LogP contribution in [0, 0.1) is 0 Å². The molecule has 0 bridgehead atoms. The molecule has 0 atom stereocenters. The Hall–Kier alpha value is -1.03. The first-order valence-corrected chi connectivity index (χ1v) is 6.77. The summed E-state index contributed by atoms with van der Waals surface area (Å²) >= 11 is 1.78. The second kappa shape index (κ2) is 8.16. The van der Waals surface area contributed by atoms with Gasteiger partial charge in [-0.1, -0.05) is 25.8 Å². The lowest BCUT2D eigenvalue weighted by Crippen LogP contribution is -2.33. The molecule has 3 nitrogen and oxygen atoms in total. The molecule has 0 amide bonds. The van der Waals surface area contributed by atoms with E-state index in [2.05, 4.69) is 34.7 Å². The second-order valence-electron chi connectivity index (χ2n) is 3.73. The van der Waals surface area contributed by atoms with Crippen molar-refractivity contribution in [3.05, 3.63) is 22.4 Å². The number of nitrogens with one attached hydrogen (secondary N) is 1. The molecular weight excluding hydrogens is 218 g/mol. The molecule has 3 N–H and O–H groups in total. The molecule has 0 saturated heterocycles. The Morgan fingerprint density at radius 2 is 2.38 bits per heavy atom. The van der Waals surface area contributed by atoms with Gasteiger partial charge in [0, 0.05) is 18.0 Å². The number of nitrogens with zero attached hydrogens (tertiary/aromatic N) is 1. The van der Waals surface area contributed by atoms with Crippen LogP contribution in [0.5, 0.6) is 0 Å². The topological polar surface area (TPSA) is 50.4 Å². The number of aliphatic imine (C=N–C) groups is 1. The Bertz CT molecular complexity index is 293. The van der Waals surface area contributed by atoms with Crippen molar-refractivity contribution in [3.63, 3.8) is 0 Å². The van der Waals surface area contributed by atoms with E-state index in [1.165, 1.54) is 17.7 Å². The highest BCUT2D eigenvalue weighted by Crippen LogP contribution is 2.07. The Labute approximate surface area is 102 Å². The van der Waals surface area contributed by atoms with Gasteiger partial charge < -0.3 is 11.1 Å². The Morgan fingerprint density at radius 1 is 1.50 bits per heavy atom. The molecule has 0 aliphatic rings. The third-order valence-corrected chi connectivity index (χ3v) is 3.24. The summed E-state index contributed by atoms with van der Waals surface area (Å²) in [6.07, 6.45) is 4.60. The molecule has 1 rings (SSSR count). The maximum atomic E-state index is 5.74. The number of hydrogen-bond acceptors (Lipinski definition) is 2. The van der Waals surface area contributed by atoms with Crippen molar-refractivity contribution in [2.24, 2.45) is 10.7 Å². The summed E-state index contributed by atoms with van der Waals surface area (Å²) in [6.45, 7) is 3.89. The summed E-state index contributed by atoms with van der Waals surface area (Å²) < 4.78 is 0. The largest absolute Gasteiger partial charge is 0.370 e. The standard InChI is InChI=1S/C12H21N3S/c1-2-3-4-8-14-12(13)15-9-7-11-6-5-10-16-11/h5-6,10H,2-4,7-9H2,1H3,(H3,13,14,15). The summed E-state index contributed by atoms with van der Waals surface area (Å²) in [7, 11) is 0. The van der Waals surface area contributed by atoms with Gasteiger partial charge in [0.2, 0.25) is 0 Å². The first kappa shape index (κ1) is 13.0. The van der Waals surface area contributed by atoms with Crippen molar-refractivity contribution in [3.8, 4) is 0 Å².